The van der Waals surface area contributed by atoms with Gasteiger partial charge < -0.3 is 0 Å². The van der Waals surface area contributed by atoms with Gasteiger partial charge in [-0.05, 0) is 105 Å². The van der Waals surface area contributed by atoms with Gasteiger partial charge in [-0.3, -0.25) is 13.7 Å². The van der Waals surface area contributed by atoms with Crippen LogP contribution in [-0.4, -0.2) is 28.7 Å². The highest BCUT2D eigenvalue weighted by Crippen LogP contribution is 2.39. The molecule has 6 heteroatoms. The van der Waals surface area contributed by atoms with E-state index in [1.807, 2.05) is 19.1 Å². The standard InChI is InChI=1S/C46H38N6/c1-4-16-39-32(3)50(36-17-8-5-9-18-36)44(47-39)33-28-34(45-48-40-23-14-15-24-42(40)51(45)37-19-10-6-11-20-37)30-35(29-33)46-49-41-26-25-31(2)27-43(41)52(46)38-21-12-7-13-22-38/h4-26,28-31H,27H2,1-3H3/b16-4-. The maximum absolute atomic E-state index is 5.37. The number of hydrogen-bond acceptors (Lipinski definition) is 3. The van der Waals surface area contributed by atoms with Crippen LogP contribution in [0.4, 0.5) is 0 Å². The molecule has 0 aliphatic heterocycles. The number of hydrogen-bond donors (Lipinski definition) is 0. The highest BCUT2D eigenvalue weighted by Gasteiger charge is 2.25. The number of aromatic nitrogens is 6. The maximum atomic E-state index is 5.37. The molecule has 3 aromatic heterocycles. The van der Waals surface area contributed by atoms with Crippen LogP contribution in [0.15, 0.2) is 146 Å². The van der Waals surface area contributed by atoms with Gasteiger partial charge in [0.15, 0.2) is 0 Å². The number of allylic oxidation sites excluding steroid dienone is 2. The van der Waals surface area contributed by atoms with Crippen LogP contribution in [0.5, 0.6) is 0 Å². The molecule has 0 radical (unpaired) electrons. The molecule has 1 unspecified atom stereocenters. The SMILES string of the molecule is C/C=C\c1nc(-c2cc(-c3nc4c(n3-c3ccccc3)CC(C)C=C4)cc(-c3nc4ccccc4n3-c3ccccc3)c2)n(-c2ccccc2)c1C. The van der Waals surface area contributed by atoms with Crippen molar-refractivity contribution in [2.45, 2.75) is 27.2 Å². The molecule has 0 bridgehead atoms. The Balaban J connectivity index is 1.37. The third kappa shape index (κ3) is 5.40. The van der Waals surface area contributed by atoms with E-state index in [-0.39, 0.29) is 0 Å². The molecule has 0 N–H and O–H groups in total. The van der Waals surface area contributed by atoms with Gasteiger partial charge in [0, 0.05) is 39.4 Å². The first-order valence-electron chi connectivity index (χ1n) is 17.9. The number of rotatable bonds is 7. The lowest BCUT2D eigenvalue weighted by atomic mass is 9.98. The minimum atomic E-state index is 0.415. The summed E-state index contributed by atoms with van der Waals surface area (Å²) in [6.45, 7) is 6.44. The Labute approximate surface area is 303 Å². The van der Waals surface area contributed by atoms with E-state index in [1.165, 1.54) is 5.69 Å². The van der Waals surface area contributed by atoms with Crippen molar-refractivity contribution in [3.63, 3.8) is 0 Å². The van der Waals surface area contributed by atoms with Crippen LogP contribution in [-0.2, 0) is 6.42 Å². The van der Waals surface area contributed by atoms with Gasteiger partial charge in [0.25, 0.3) is 0 Å². The van der Waals surface area contributed by atoms with Crippen LogP contribution in [0.1, 0.15) is 36.6 Å². The normalized spacial score (nSPS) is 14.0. The van der Waals surface area contributed by atoms with E-state index in [4.69, 9.17) is 15.0 Å². The Morgan fingerprint density at radius 3 is 1.73 bits per heavy atom. The summed E-state index contributed by atoms with van der Waals surface area (Å²) < 4.78 is 6.87. The molecule has 3 heterocycles. The van der Waals surface area contributed by atoms with Crippen molar-refractivity contribution in [3.05, 3.63) is 168 Å². The molecule has 9 rings (SSSR count). The van der Waals surface area contributed by atoms with E-state index >= 15 is 0 Å². The van der Waals surface area contributed by atoms with E-state index in [0.717, 1.165) is 85.8 Å². The van der Waals surface area contributed by atoms with Crippen molar-refractivity contribution in [1.29, 1.82) is 0 Å². The summed E-state index contributed by atoms with van der Waals surface area (Å²) in [5, 5.41) is 0. The predicted molar refractivity (Wildman–Crippen MR) is 213 cm³/mol. The van der Waals surface area contributed by atoms with Crippen molar-refractivity contribution in [3.8, 4) is 51.2 Å². The monoisotopic (exact) mass is 674 g/mol. The zero-order valence-corrected chi connectivity index (χ0v) is 29.5. The molecule has 252 valence electrons. The summed E-state index contributed by atoms with van der Waals surface area (Å²) >= 11 is 0. The third-order valence-corrected chi connectivity index (χ3v) is 9.88. The van der Waals surface area contributed by atoms with Crippen LogP contribution >= 0.6 is 0 Å². The average Bonchev–Trinajstić information content (AvgIpc) is 3.87. The molecule has 0 spiro atoms. The smallest absolute Gasteiger partial charge is 0.145 e. The van der Waals surface area contributed by atoms with Crippen molar-refractivity contribution in [1.82, 2.24) is 28.7 Å². The van der Waals surface area contributed by atoms with E-state index in [9.17, 15) is 0 Å². The van der Waals surface area contributed by atoms with E-state index in [0.29, 0.717) is 5.92 Å². The van der Waals surface area contributed by atoms with Gasteiger partial charge in [0.2, 0.25) is 0 Å². The summed E-state index contributed by atoms with van der Waals surface area (Å²) in [5.74, 6) is 3.02. The lowest BCUT2D eigenvalue weighted by Crippen LogP contribution is -2.09. The number of imidazole rings is 3. The number of para-hydroxylation sites is 5. The summed E-state index contributed by atoms with van der Waals surface area (Å²) in [7, 11) is 0. The number of fused-ring (bicyclic) bond motifs is 2. The Kier molecular flexibility index (Phi) is 7.85. The van der Waals surface area contributed by atoms with Crippen molar-refractivity contribution in [2.75, 3.05) is 0 Å². The minimum Gasteiger partial charge on any atom is -0.296 e. The second kappa shape index (κ2) is 13.0. The second-order valence-corrected chi connectivity index (χ2v) is 13.4. The van der Waals surface area contributed by atoms with E-state index < -0.39 is 0 Å². The van der Waals surface area contributed by atoms with Crippen LogP contribution in [0.25, 0.3) is 74.4 Å². The van der Waals surface area contributed by atoms with Crippen LogP contribution in [0.3, 0.4) is 0 Å². The van der Waals surface area contributed by atoms with Gasteiger partial charge in [0.05, 0.1) is 28.1 Å². The third-order valence-electron chi connectivity index (χ3n) is 9.88. The fraction of sp³-hybridized carbons (Fsp3) is 0.109. The van der Waals surface area contributed by atoms with Crippen molar-refractivity contribution in [2.24, 2.45) is 5.92 Å². The van der Waals surface area contributed by atoms with Crippen molar-refractivity contribution >= 4 is 23.2 Å². The molecule has 0 saturated heterocycles. The summed E-state index contributed by atoms with van der Waals surface area (Å²) in [6, 6.07) is 46.7. The fourth-order valence-corrected chi connectivity index (χ4v) is 7.47. The first-order valence-corrected chi connectivity index (χ1v) is 17.9. The molecule has 0 amide bonds. The first-order chi connectivity index (χ1) is 25.6. The van der Waals surface area contributed by atoms with Crippen LogP contribution < -0.4 is 0 Å². The van der Waals surface area contributed by atoms with Gasteiger partial charge >= 0.3 is 0 Å². The second-order valence-electron chi connectivity index (χ2n) is 13.4. The highest BCUT2D eigenvalue weighted by atomic mass is 15.1. The average molecular weight is 675 g/mol. The zero-order chi connectivity index (χ0) is 35.2. The lowest BCUT2D eigenvalue weighted by molar-refractivity contribution is 0.688. The predicted octanol–water partition coefficient (Wildman–Crippen LogP) is 10.9. The van der Waals surface area contributed by atoms with Gasteiger partial charge in [-0.2, -0.15) is 0 Å². The Morgan fingerprint density at radius 1 is 0.596 bits per heavy atom. The minimum absolute atomic E-state index is 0.415. The Morgan fingerprint density at radius 2 is 1.12 bits per heavy atom. The molecule has 52 heavy (non-hydrogen) atoms. The van der Waals surface area contributed by atoms with Gasteiger partial charge in [-0.25, -0.2) is 15.0 Å². The molecule has 6 nitrogen and oxygen atoms in total. The zero-order valence-electron chi connectivity index (χ0n) is 29.5. The molecular weight excluding hydrogens is 637 g/mol. The topological polar surface area (TPSA) is 53.5 Å². The molecular formula is C46H38N6. The summed E-state index contributed by atoms with van der Waals surface area (Å²) in [6.07, 6.45) is 9.49. The molecule has 1 aliphatic carbocycles. The summed E-state index contributed by atoms with van der Waals surface area (Å²) in [5.41, 5.74) is 12.4. The summed E-state index contributed by atoms with van der Waals surface area (Å²) in [4.78, 5) is 16.0. The number of benzene rings is 5. The fourth-order valence-electron chi connectivity index (χ4n) is 7.47. The van der Waals surface area contributed by atoms with E-state index in [1.54, 1.807) is 0 Å². The molecule has 1 atom stereocenters. The van der Waals surface area contributed by atoms with E-state index in [2.05, 4.69) is 173 Å². The van der Waals surface area contributed by atoms with Gasteiger partial charge in [-0.15, -0.1) is 0 Å². The van der Waals surface area contributed by atoms with Crippen molar-refractivity contribution < 1.29 is 0 Å². The lowest BCUT2D eigenvalue weighted by Gasteiger charge is -2.18. The number of nitrogens with zero attached hydrogens (tertiary/aromatic N) is 6. The highest BCUT2D eigenvalue weighted by molar-refractivity contribution is 5.86. The van der Waals surface area contributed by atoms with Gasteiger partial charge in [-0.1, -0.05) is 85.8 Å². The molecule has 8 aromatic rings. The van der Waals surface area contributed by atoms with Crippen LogP contribution in [0.2, 0.25) is 0 Å². The maximum Gasteiger partial charge on any atom is 0.145 e. The quantitative estimate of drug-likeness (QED) is 0.169. The molecule has 5 aromatic carbocycles. The Hall–Kier alpha value is -6.53. The molecule has 0 saturated carbocycles. The van der Waals surface area contributed by atoms with Crippen LogP contribution in [0, 0.1) is 12.8 Å². The van der Waals surface area contributed by atoms with Gasteiger partial charge in [0.1, 0.15) is 17.5 Å². The molecule has 1 aliphatic rings. The largest absolute Gasteiger partial charge is 0.296 e. The first kappa shape index (κ1) is 31.5. The molecule has 0 fully saturated rings. The Bertz CT molecular complexity index is 2620.